The lowest BCUT2D eigenvalue weighted by Gasteiger charge is -2.02. The minimum atomic E-state index is 0.620. The number of allylic oxidation sites excluding steroid dienone is 2. The lowest BCUT2D eigenvalue weighted by molar-refractivity contribution is 0.729. The van der Waals surface area contributed by atoms with Crippen LogP contribution >= 0.6 is 22.9 Å². The molecule has 1 atom stereocenters. The lowest BCUT2D eigenvalue weighted by Crippen LogP contribution is -1.92. The van der Waals surface area contributed by atoms with Gasteiger partial charge in [0.2, 0.25) is 0 Å². The summed E-state index contributed by atoms with van der Waals surface area (Å²) in [5, 5.41) is 0. The molecule has 0 amide bonds. The molecule has 0 aliphatic heterocycles. The normalized spacial score (nSPS) is 13.8. The van der Waals surface area contributed by atoms with Crippen molar-refractivity contribution in [2.24, 2.45) is 5.92 Å². The van der Waals surface area contributed by atoms with Crippen LogP contribution in [0.2, 0.25) is 4.34 Å². The summed E-state index contributed by atoms with van der Waals surface area (Å²) in [5.41, 5.74) is 0. The molecule has 0 nitrogen and oxygen atoms in total. The number of thiophene rings is 1. The summed E-state index contributed by atoms with van der Waals surface area (Å²) in [6.45, 7) is 4.39. The summed E-state index contributed by atoms with van der Waals surface area (Å²) in [6.07, 6.45) is 6.72. The summed E-state index contributed by atoms with van der Waals surface area (Å²) in [5.74, 6) is 0.620. The van der Waals surface area contributed by atoms with Crippen molar-refractivity contribution in [1.29, 1.82) is 0 Å². The van der Waals surface area contributed by atoms with Crippen LogP contribution in [0.4, 0.5) is 0 Å². The average Bonchev–Trinajstić information content (AvgIpc) is 2.48. The Bertz CT molecular complexity index is 275. The Balaban J connectivity index is 2.44. The number of halogens is 1. The van der Waals surface area contributed by atoms with Crippen LogP contribution in [0.15, 0.2) is 24.3 Å². The highest BCUT2D eigenvalue weighted by molar-refractivity contribution is 7.16. The molecule has 0 aliphatic rings. The first-order chi connectivity index (χ1) is 6.22. The van der Waals surface area contributed by atoms with Gasteiger partial charge in [-0.05, 0) is 30.9 Å². The molecule has 13 heavy (non-hydrogen) atoms. The summed E-state index contributed by atoms with van der Waals surface area (Å²) >= 11 is 7.53. The molecule has 0 bridgehead atoms. The Hall–Kier alpha value is -0.270. The van der Waals surface area contributed by atoms with Gasteiger partial charge in [-0.2, -0.15) is 0 Å². The molecular weight excluding hydrogens is 200 g/mol. The van der Waals surface area contributed by atoms with Crippen molar-refractivity contribution in [3.05, 3.63) is 33.5 Å². The molecule has 1 aromatic rings. The van der Waals surface area contributed by atoms with Crippen molar-refractivity contribution in [2.75, 3.05) is 0 Å². The van der Waals surface area contributed by atoms with Crippen LogP contribution in [0.3, 0.4) is 0 Å². The van der Waals surface area contributed by atoms with Gasteiger partial charge in [-0.3, -0.25) is 0 Å². The average molecular weight is 215 g/mol. The predicted molar refractivity (Wildman–Crippen MR) is 61.6 cm³/mol. The zero-order chi connectivity index (χ0) is 9.68. The molecule has 0 saturated heterocycles. The van der Waals surface area contributed by atoms with Gasteiger partial charge in [-0.1, -0.05) is 37.6 Å². The van der Waals surface area contributed by atoms with E-state index in [4.69, 9.17) is 11.6 Å². The summed E-state index contributed by atoms with van der Waals surface area (Å²) in [7, 11) is 0. The molecule has 0 N–H and O–H groups in total. The van der Waals surface area contributed by atoms with Gasteiger partial charge in [-0.25, -0.2) is 0 Å². The van der Waals surface area contributed by atoms with E-state index in [1.807, 2.05) is 6.07 Å². The fraction of sp³-hybridized carbons (Fsp3) is 0.455. The maximum atomic E-state index is 5.85. The summed E-state index contributed by atoms with van der Waals surface area (Å²) < 4.78 is 0.890. The molecule has 0 radical (unpaired) electrons. The molecule has 1 heterocycles. The third kappa shape index (κ3) is 3.97. The minimum absolute atomic E-state index is 0.620. The number of hydrogen-bond acceptors (Lipinski definition) is 1. The molecule has 1 aromatic heterocycles. The van der Waals surface area contributed by atoms with Gasteiger partial charge in [0.1, 0.15) is 0 Å². The van der Waals surface area contributed by atoms with Crippen LogP contribution < -0.4 is 0 Å². The van der Waals surface area contributed by atoms with Crippen molar-refractivity contribution < 1.29 is 0 Å². The first-order valence-corrected chi connectivity index (χ1v) is 5.82. The minimum Gasteiger partial charge on any atom is -0.128 e. The van der Waals surface area contributed by atoms with Crippen LogP contribution in [-0.2, 0) is 6.42 Å². The van der Waals surface area contributed by atoms with Gasteiger partial charge in [0.05, 0.1) is 4.34 Å². The van der Waals surface area contributed by atoms with Crippen molar-refractivity contribution in [3.8, 4) is 0 Å². The Kier molecular flexibility index (Phi) is 4.54. The molecule has 0 saturated carbocycles. The van der Waals surface area contributed by atoms with Gasteiger partial charge in [0.15, 0.2) is 0 Å². The quantitative estimate of drug-likeness (QED) is 0.646. The van der Waals surface area contributed by atoms with E-state index < -0.39 is 0 Å². The van der Waals surface area contributed by atoms with E-state index in [-0.39, 0.29) is 0 Å². The van der Waals surface area contributed by atoms with Crippen LogP contribution in [0.1, 0.15) is 25.1 Å². The highest BCUT2D eigenvalue weighted by Gasteiger charge is 2.01. The second kappa shape index (κ2) is 5.46. The topological polar surface area (TPSA) is 0 Å². The zero-order valence-corrected chi connectivity index (χ0v) is 9.66. The van der Waals surface area contributed by atoms with Gasteiger partial charge in [0, 0.05) is 4.88 Å². The molecule has 2 heteroatoms. The van der Waals surface area contributed by atoms with Gasteiger partial charge < -0.3 is 0 Å². The van der Waals surface area contributed by atoms with E-state index in [0.29, 0.717) is 5.92 Å². The molecule has 72 valence electrons. The fourth-order valence-corrected chi connectivity index (χ4v) is 2.44. The summed E-state index contributed by atoms with van der Waals surface area (Å²) in [6, 6.07) is 4.08. The van der Waals surface area contributed by atoms with Crippen LogP contribution in [0.25, 0.3) is 0 Å². The summed E-state index contributed by atoms with van der Waals surface area (Å²) in [4.78, 5) is 1.37. The maximum absolute atomic E-state index is 5.85. The van der Waals surface area contributed by atoms with Crippen molar-refractivity contribution in [3.63, 3.8) is 0 Å². The molecule has 0 fully saturated rings. The van der Waals surface area contributed by atoms with E-state index in [1.165, 1.54) is 4.88 Å². The molecule has 0 aliphatic carbocycles. The largest absolute Gasteiger partial charge is 0.128 e. The standard InChI is InChI=1S/C11H15ClS/c1-3-4-5-9(2)8-10-6-7-11(12)13-10/h4-7,9H,3,8H2,1-2H3/b5-4-. The molecular formula is C11H15ClS. The third-order valence-corrected chi connectivity index (χ3v) is 3.11. The van der Waals surface area contributed by atoms with Crippen molar-refractivity contribution >= 4 is 22.9 Å². The zero-order valence-electron chi connectivity index (χ0n) is 8.09. The molecule has 1 unspecified atom stereocenters. The van der Waals surface area contributed by atoms with E-state index in [2.05, 4.69) is 32.1 Å². The Morgan fingerprint density at radius 1 is 1.54 bits per heavy atom. The smallest absolute Gasteiger partial charge is 0.0931 e. The first-order valence-electron chi connectivity index (χ1n) is 4.63. The maximum Gasteiger partial charge on any atom is 0.0931 e. The fourth-order valence-electron chi connectivity index (χ4n) is 1.22. The third-order valence-electron chi connectivity index (χ3n) is 1.85. The molecule has 0 aromatic carbocycles. The van der Waals surface area contributed by atoms with E-state index >= 15 is 0 Å². The Labute approximate surface area is 89.2 Å². The van der Waals surface area contributed by atoms with Gasteiger partial charge in [0.25, 0.3) is 0 Å². The van der Waals surface area contributed by atoms with Gasteiger partial charge in [-0.15, -0.1) is 11.3 Å². The monoisotopic (exact) mass is 214 g/mol. The number of rotatable bonds is 4. The number of hydrogen-bond donors (Lipinski definition) is 0. The molecule has 1 rings (SSSR count). The SMILES string of the molecule is CC/C=C\C(C)Cc1ccc(Cl)s1. The second-order valence-corrected chi connectivity index (χ2v) is 5.02. The van der Waals surface area contributed by atoms with Gasteiger partial charge >= 0.3 is 0 Å². The van der Waals surface area contributed by atoms with Crippen LogP contribution in [-0.4, -0.2) is 0 Å². The Morgan fingerprint density at radius 3 is 2.85 bits per heavy atom. The van der Waals surface area contributed by atoms with Crippen molar-refractivity contribution in [1.82, 2.24) is 0 Å². The Morgan fingerprint density at radius 2 is 2.31 bits per heavy atom. The van der Waals surface area contributed by atoms with E-state index in [1.54, 1.807) is 11.3 Å². The first kappa shape index (κ1) is 10.8. The van der Waals surface area contributed by atoms with E-state index in [9.17, 15) is 0 Å². The van der Waals surface area contributed by atoms with E-state index in [0.717, 1.165) is 17.2 Å². The highest BCUT2D eigenvalue weighted by atomic mass is 35.5. The lowest BCUT2D eigenvalue weighted by atomic mass is 10.1. The van der Waals surface area contributed by atoms with Crippen LogP contribution in [0, 0.1) is 5.92 Å². The predicted octanol–water partition coefficient (Wildman–Crippen LogP) is 4.55. The van der Waals surface area contributed by atoms with Crippen molar-refractivity contribution in [2.45, 2.75) is 26.7 Å². The second-order valence-electron chi connectivity index (χ2n) is 3.22. The molecule has 0 spiro atoms. The van der Waals surface area contributed by atoms with Crippen LogP contribution in [0.5, 0.6) is 0 Å². The highest BCUT2D eigenvalue weighted by Crippen LogP contribution is 2.24.